The van der Waals surface area contributed by atoms with Crippen LogP contribution in [0.5, 0.6) is 0 Å². The number of hydrogen-bond donors (Lipinski definition) is 1. The van der Waals surface area contributed by atoms with Gasteiger partial charge in [0.05, 0.1) is 5.60 Å². The van der Waals surface area contributed by atoms with Crippen molar-refractivity contribution >= 4 is 0 Å². The maximum absolute atomic E-state index is 5.26. The third kappa shape index (κ3) is 9.48. The van der Waals surface area contributed by atoms with E-state index in [0.717, 1.165) is 19.4 Å². The minimum Gasteiger partial charge on any atom is -0.296 e. The van der Waals surface area contributed by atoms with Crippen molar-refractivity contribution in [2.24, 2.45) is 0 Å². The van der Waals surface area contributed by atoms with Crippen molar-refractivity contribution in [2.75, 3.05) is 6.54 Å². The van der Waals surface area contributed by atoms with Crippen LogP contribution in [0.3, 0.4) is 0 Å². The summed E-state index contributed by atoms with van der Waals surface area (Å²) in [5, 5.41) is 0. The number of terminal acetylenes is 1. The number of rotatable bonds is 4. The number of unbranched alkanes of at least 4 members (excludes halogenated alkanes) is 1. The lowest BCUT2D eigenvalue weighted by Gasteiger charge is -2.18. The molecule has 0 saturated carbocycles. The fourth-order valence-electron chi connectivity index (χ4n) is 0.530. The van der Waals surface area contributed by atoms with Crippen LogP contribution >= 0.6 is 0 Å². The first-order valence-corrected chi connectivity index (χ1v) is 3.90. The van der Waals surface area contributed by atoms with E-state index in [4.69, 9.17) is 11.3 Å². The molecule has 0 atom stereocenters. The van der Waals surface area contributed by atoms with Gasteiger partial charge in [0.1, 0.15) is 0 Å². The fraction of sp³-hybridized carbons (Fsp3) is 0.778. The maximum atomic E-state index is 5.26. The van der Waals surface area contributed by atoms with E-state index in [1.165, 1.54) is 0 Å². The van der Waals surface area contributed by atoms with E-state index >= 15 is 0 Å². The van der Waals surface area contributed by atoms with Gasteiger partial charge >= 0.3 is 0 Å². The van der Waals surface area contributed by atoms with Crippen LogP contribution in [0.1, 0.15) is 33.6 Å². The highest BCUT2D eigenvalue weighted by Gasteiger charge is 2.08. The number of hydrogen-bond acceptors (Lipinski definition) is 2. The van der Waals surface area contributed by atoms with E-state index in [1.54, 1.807) is 0 Å². The molecular formula is C9H17NO. The molecule has 0 aliphatic heterocycles. The highest BCUT2D eigenvalue weighted by molar-refractivity contribution is 4.82. The molecule has 0 aromatic heterocycles. The smallest absolute Gasteiger partial charge is 0.0812 e. The molecule has 0 radical (unpaired) electrons. The van der Waals surface area contributed by atoms with Gasteiger partial charge in [-0.3, -0.25) is 4.84 Å². The van der Waals surface area contributed by atoms with Crippen molar-refractivity contribution < 1.29 is 4.84 Å². The van der Waals surface area contributed by atoms with Crippen LogP contribution in [-0.4, -0.2) is 12.1 Å². The third-order valence-corrected chi connectivity index (χ3v) is 0.978. The Bertz CT molecular complexity index is 129. The van der Waals surface area contributed by atoms with Crippen molar-refractivity contribution in [3.63, 3.8) is 0 Å². The Hall–Kier alpha value is -0.520. The zero-order valence-electron chi connectivity index (χ0n) is 7.61. The van der Waals surface area contributed by atoms with Crippen LogP contribution in [0.25, 0.3) is 0 Å². The second kappa shape index (κ2) is 5.17. The van der Waals surface area contributed by atoms with Crippen LogP contribution in [0.15, 0.2) is 0 Å². The lowest BCUT2D eigenvalue weighted by Crippen LogP contribution is -2.29. The summed E-state index contributed by atoms with van der Waals surface area (Å²) >= 11 is 0. The Morgan fingerprint density at radius 1 is 1.45 bits per heavy atom. The molecule has 0 rings (SSSR count). The molecule has 2 heteroatoms. The summed E-state index contributed by atoms with van der Waals surface area (Å²) in [6.45, 7) is 6.82. The largest absolute Gasteiger partial charge is 0.296 e. The van der Waals surface area contributed by atoms with E-state index in [2.05, 4.69) is 11.4 Å². The van der Waals surface area contributed by atoms with E-state index < -0.39 is 0 Å². The minimum atomic E-state index is -0.115. The number of hydroxylamine groups is 1. The van der Waals surface area contributed by atoms with E-state index in [9.17, 15) is 0 Å². The first-order valence-electron chi connectivity index (χ1n) is 3.90. The molecule has 2 nitrogen and oxygen atoms in total. The predicted octanol–water partition coefficient (Wildman–Crippen LogP) is 1.72. The standard InChI is InChI=1S/C9H17NO/c1-5-6-7-8-10-11-9(2,3)4/h1,10H,6-8H2,2-4H3. The molecule has 0 heterocycles. The lowest BCUT2D eigenvalue weighted by molar-refractivity contribution is -0.0723. The molecule has 0 bridgehead atoms. The second-order valence-electron chi connectivity index (χ2n) is 3.42. The molecule has 0 aliphatic rings. The van der Waals surface area contributed by atoms with Gasteiger partial charge in [-0.1, -0.05) is 0 Å². The van der Waals surface area contributed by atoms with Gasteiger partial charge in [0.15, 0.2) is 0 Å². The molecule has 1 N–H and O–H groups in total. The molecule has 0 unspecified atom stereocenters. The highest BCUT2D eigenvalue weighted by atomic mass is 16.7. The lowest BCUT2D eigenvalue weighted by atomic mass is 10.2. The second-order valence-corrected chi connectivity index (χ2v) is 3.42. The van der Waals surface area contributed by atoms with Crippen molar-refractivity contribution in [3.8, 4) is 12.3 Å². The van der Waals surface area contributed by atoms with Crippen molar-refractivity contribution in [1.82, 2.24) is 5.48 Å². The molecular weight excluding hydrogens is 138 g/mol. The van der Waals surface area contributed by atoms with E-state index in [-0.39, 0.29) is 5.60 Å². The summed E-state index contributed by atoms with van der Waals surface area (Å²) in [7, 11) is 0. The first kappa shape index (κ1) is 10.5. The summed E-state index contributed by atoms with van der Waals surface area (Å²) in [6.07, 6.45) is 6.85. The van der Waals surface area contributed by atoms with Gasteiger partial charge < -0.3 is 0 Å². The van der Waals surface area contributed by atoms with Crippen LogP contribution in [-0.2, 0) is 4.84 Å². The monoisotopic (exact) mass is 155 g/mol. The van der Waals surface area contributed by atoms with Gasteiger partial charge in [-0.2, -0.15) is 0 Å². The molecule has 11 heavy (non-hydrogen) atoms. The molecule has 0 aromatic carbocycles. The van der Waals surface area contributed by atoms with Crippen LogP contribution in [0, 0.1) is 12.3 Å². The SMILES string of the molecule is C#CCCCNOC(C)(C)C. The van der Waals surface area contributed by atoms with Crippen LogP contribution in [0.2, 0.25) is 0 Å². The van der Waals surface area contributed by atoms with Gasteiger partial charge in [0, 0.05) is 13.0 Å². The quantitative estimate of drug-likeness (QED) is 0.379. The minimum absolute atomic E-state index is 0.115. The molecule has 0 aromatic rings. The highest BCUT2D eigenvalue weighted by Crippen LogP contribution is 2.03. The van der Waals surface area contributed by atoms with Crippen molar-refractivity contribution in [3.05, 3.63) is 0 Å². The summed E-state index contributed by atoms with van der Waals surface area (Å²) < 4.78 is 0. The fourth-order valence-corrected chi connectivity index (χ4v) is 0.530. The first-order chi connectivity index (χ1) is 5.06. The Morgan fingerprint density at radius 3 is 2.55 bits per heavy atom. The van der Waals surface area contributed by atoms with Gasteiger partial charge in [0.25, 0.3) is 0 Å². The molecule has 64 valence electrons. The average Bonchev–Trinajstić information content (AvgIpc) is 1.85. The zero-order chi connectivity index (χ0) is 8.74. The topological polar surface area (TPSA) is 21.3 Å². The summed E-state index contributed by atoms with van der Waals surface area (Å²) in [5.74, 6) is 2.57. The Kier molecular flexibility index (Phi) is 4.93. The Labute approximate surface area is 69.3 Å². The van der Waals surface area contributed by atoms with Gasteiger partial charge in [-0.15, -0.1) is 12.3 Å². The van der Waals surface area contributed by atoms with Crippen LogP contribution < -0.4 is 5.48 Å². The normalized spacial score (nSPS) is 11.1. The molecule has 0 amide bonds. The Morgan fingerprint density at radius 2 is 2.09 bits per heavy atom. The van der Waals surface area contributed by atoms with E-state index in [0.29, 0.717) is 0 Å². The predicted molar refractivity (Wildman–Crippen MR) is 46.9 cm³/mol. The van der Waals surface area contributed by atoms with Gasteiger partial charge in [-0.05, 0) is 27.2 Å². The molecule has 0 aliphatic carbocycles. The number of nitrogens with one attached hydrogen (secondary N) is 1. The van der Waals surface area contributed by atoms with Crippen molar-refractivity contribution in [2.45, 2.75) is 39.2 Å². The summed E-state index contributed by atoms with van der Waals surface area (Å²) in [5.41, 5.74) is 2.75. The molecule has 0 spiro atoms. The Balaban J connectivity index is 3.10. The third-order valence-electron chi connectivity index (χ3n) is 0.978. The summed E-state index contributed by atoms with van der Waals surface area (Å²) in [6, 6.07) is 0. The van der Waals surface area contributed by atoms with Crippen LogP contribution in [0.4, 0.5) is 0 Å². The van der Waals surface area contributed by atoms with Crippen molar-refractivity contribution in [1.29, 1.82) is 0 Å². The maximum Gasteiger partial charge on any atom is 0.0812 e. The zero-order valence-corrected chi connectivity index (χ0v) is 7.61. The molecule has 0 fully saturated rings. The average molecular weight is 155 g/mol. The summed E-state index contributed by atoms with van der Waals surface area (Å²) in [4.78, 5) is 5.26. The van der Waals surface area contributed by atoms with E-state index in [1.807, 2.05) is 20.8 Å². The van der Waals surface area contributed by atoms with Gasteiger partial charge in [-0.25, -0.2) is 5.48 Å². The molecule has 0 saturated heterocycles. The van der Waals surface area contributed by atoms with Gasteiger partial charge in [0.2, 0.25) is 0 Å².